The van der Waals surface area contributed by atoms with Gasteiger partial charge in [0.2, 0.25) is 11.8 Å². The number of piperidine rings is 1. The van der Waals surface area contributed by atoms with Crippen LogP contribution in [0, 0.1) is 11.8 Å². The second-order valence-corrected chi connectivity index (χ2v) is 6.77. The monoisotopic (exact) mass is 339 g/mol. The summed E-state index contributed by atoms with van der Waals surface area (Å²) >= 11 is 0. The zero-order valence-electron chi connectivity index (χ0n) is 15.0. The summed E-state index contributed by atoms with van der Waals surface area (Å²) in [7, 11) is 0. The first-order valence-corrected chi connectivity index (χ1v) is 8.93. The molecule has 0 saturated carbocycles. The van der Waals surface area contributed by atoms with E-state index in [0.29, 0.717) is 45.9 Å². The van der Waals surface area contributed by atoms with Crippen molar-refractivity contribution in [3.8, 4) is 0 Å². The minimum Gasteiger partial charge on any atom is -0.450 e. The van der Waals surface area contributed by atoms with Crippen LogP contribution in [0.5, 0.6) is 0 Å². The number of rotatable bonds is 3. The van der Waals surface area contributed by atoms with E-state index in [1.54, 1.807) is 11.8 Å². The molecule has 7 nitrogen and oxygen atoms in total. The molecule has 2 heterocycles. The van der Waals surface area contributed by atoms with Gasteiger partial charge in [0.05, 0.1) is 6.61 Å². The van der Waals surface area contributed by atoms with E-state index in [9.17, 15) is 14.4 Å². The van der Waals surface area contributed by atoms with Crippen molar-refractivity contribution in [1.29, 1.82) is 0 Å². The zero-order valence-corrected chi connectivity index (χ0v) is 15.0. The fraction of sp³-hybridized carbons (Fsp3) is 0.824. The maximum atomic E-state index is 12.7. The van der Waals surface area contributed by atoms with E-state index in [2.05, 4.69) is 0 Å². The van der Waals surface area contributed by atoms with Gasteiger partial charge in [-0.1, -0.05) is 13.8 Å². The zero-order chi connectivity index (χ0) is 17.7. The fourth-order valence-electron chi connectivity index (χ4n) is 3.29. The highest BCUT2D eigenvalue weighted by Gasteiger charge is 2.32. The molecule has 0 aromatic carbocycles. The molecule has 2 fully saturated rings. The minimum absolute atomic E-state index is 0.00430. The molecule has 2 aliphatic rings. The number of nitrogens with zero attached hydrogens (tertiary/aromatic N) is 3. The first kappa shape index (κ1) is 18.5. The molecule has 0 atom stereocenters. The number of hydrogen-bond donors (Lipinski definition) is 0. The molecule has 0 spiro atoms. The Balaban J connectivity index is 1.78. The van der Waals surface area contributed by atoms with E-state index in [1.165, 1.54) is 0 Å². The molecule has 2 rings (SSSR count). The van der Waals surface area contributed by atoms with Gasteiger partial charge in [0.15, 0.2) is 0 Å². The Bertz CT molecular complexity index is 464. The standard InChI is InChI=1S/C17H29N3O4/c1-4-24-17(23)20-11-9-19(10-12-20)16(22)14-5-7-18(8-6-14)15(21)13(2)3/h13-14H,4-12H2,1-3H3. The lowest BCUT2D eigenvalue weighted by atomic mass is 9.94. The largest absolute Gasteiger partial charge is 0.450 e. The first-order chi connectivity index (χ1) is 11.4. The summed E-state index contributed by atoms with van der Waals surface area (Å²) in [6.07, 6.45) is 1.16. The maximum Gasteiger partial charge on any atom is 0.409 e. The van der Waals surface area contributed by atoms with Crippen LogP contribution in [-0.4, -0.2) is 78.5 Å². The van der Waals surface area contributed by atoms with Gasteiger partial charge in [0, 0.05) is 51.1 Å². The number of carbonyl (C=O) groups excluding carboxylic acids is 3. The van der Waals surface area contributed by atoms with Crippen molar-refractivity contribution in [3.63, 3.8) is 0 Å². The molecule has 0 aromatic rings. The molecule has 136 valence electrons. The molecule has 7 heteroatoms. The molecule has 0 unspecified atom stereocenters. The third kappa shape index (κ3) is 4.39. The minimum atomic E-state index is -0.301. The quantitative estimate of drug-likeness (QED) is 0.774. The van der Waals surface area contributed by atoms with Gasteiger partial charge in [-0.25, -0.2) is 4.79 Å². The lowest BCUT2D eigenvalue weighted by Gasteiger charge is -2.38. The van der Waals surface area contributed by atoms with Crippen LogP contribution >= 0.6 is 0 Å². The van der Waals surface area contributed by atoms with Crippen LogP contribution in [0.4, 0.5) is 4.79 Å². The van der Waals surface area contributed by atoms with Crippen LogP contribution in [0.2, 0.25) is 0 Å². The summed E-state index contributed by atoms with van der Waals surface area (Å²) in [4.78, 5) is 41.7. The summed E-state index contributed by atoms with van der Waals surface area (Å²) in [6.45, 7) is 9.45. The molecule has 0 bridgehead atoms. The second-order valence-electron chi connectivity index (χ2n) is 6.77. The Kier molecular flexibility index (Phi) is 6.45. The van der Waals surface area contributed by atoms with Crippen molar-refractivity contribution in [2.45, 2.75) is 33.6 Å². The normalized spacial score (nSPS) is 19.6. The van der Waals surface area contributed by atoms with Gasteiger partial charge in [-0.3, -0.25) is 9.59 Å². The van der Waals surface area contributed by atoms with Gasteiger partial charge in [-0.05, 0) is 19.8 Å². The Morgan fingerprint density at radius 1 is 0.917 bits per heavy atom. The smallest absolute Gasteiger partial charge is 0.409 e. The molecule has 0 N–H and O–H groups in total. The van der Waals surface area contributed by atoms with Crippen molar-refractivity contribution in [3.05, 3.63) is 0 Å². The molecular weight excluding hydrogens is 310 g/mol. The van der Waals surface area contributed by atoms with Gasteiger partial charge in [0.25, 0.3) is 0 Å². The number of ether oxygens (including phenoxy) is 1. The van der Waals surface area contributed by atoms with Crippen LogP contribution in [0.25, 0.3) is 0 Å². The van der Waals surface area contributed by atoms with Crippen molar-refractivity contribution in [2.75, 3.05) is 45.9 Å². The predicted octanol–water partition coefficient (Wildman–Crippen LogP) is 1.18. The topological polar surface area (TPSA) is 70.2 Å². The molecule has 0 aromatic heterocycles. The lowest BCUT2D eigenvalue weighted by Crippen LogP contribution is -2.53. The number of carbonyl (C=O) groups is 3. The van der Waals surface area contributed by atoms with Crippen LogP contribution in [0.15, 0.2) is 0 Å². The Labute approximate surface area is 143 Å². The Morgan fingerprint density at radius 2 is 1.46 bits per heavy atom. The highest BCUT2D eigenvalue weighted by molar-refractivity contribution is 5.81. The lowest BCUT2D eigenvalue weighted by molar-refractivity contribution is -0.143. The van der Waals surface area contributed by atoms with Crippen LogP contribution in [0.1, 0.15) is 33.6 Å². The molecule has 2 aliphatic heterocycles. The second kappa shape index (κ2) is 8.35. The Hall–Kier alpha value is -1.79. The molecular formula is C17H29N3O4. The average Bonchev–Trinajstić information content (AvgIpc) is 2.61. The summed E-state index contributed by atoms with van der Waals surface area (Å²) < 4.78 is 4.99. The SMILES string of the molecule is CCOC(=O)N1CCN(C(=O)C2CCN(C(=O)C(C)C)CC2)CC1. The van der Waals surface area contributed by atoms with Crippen LogP contribution in [-0.2, 0) is 14.3 Å². The predicted molar refractivity (Wildman–Crippen MR) is 89.3 cm³/mol. The summed E-state index contributed by atoms with van der Waals surface area (Å²) in [5.41, 5.74) is 0. The van der Waals surface area contributed by atoms with Crippen molar-refractivity contribution < 1.29 is 19.1 Å². The number of amides is 3. The van der Waals surface area contributed by atoms with Gasteiger partial charge >= 0.3 is 6.09 Å². The van der Waals surface area contributed by atoms with E-state index in [4.69, 9.17) is 4.74 Å². The van der Waals surface area contributed by atoms with E-state index in [0.717, 1.165) is 12.8 Å². The van der Waals surface area contributed by atoms with E-state index in [-0.39, 0.29) is 29.7 Å². The molecule has 0 radical (unpaired) electrons. The van der Waals surface area contributed by atoms with Crippen LogP contribution < -0.4 is 0 Å². The third-order valence-corrected chi connectivity index (χ3v) is 4.77. The summed E-state index contributed by atoms with van der Waals surface area (Å²) in [6, 6.07) is 0. The molecule has 3 amide bonds. The average molecular weight is 339 g/mol. The van der Waals surface area contributed by atoms with Crippen molar-refractivity contribution in [2.24, 2.45) is 11.8 Å². The first-order valence-electron chi connectivity index (χ1n) is 8.93. The highest BCUT2D eigenvalue weighted by atomic mass is 16.6. The molecule has 0 aliphatic carbocycles. The third-order valence-electron chi connectivity index (χ3n) is 4.77. The highest BCUT2D eigenvalue weighted by Crippen LogP contribution is 2.21. The summed E-state index contributed by atoms with van der Waals surface area (Å²) in [5.74, 6) is 0.336. The maximum absolute atomic E-state index is 12.7. The van der Waals surface area contributed by atoms with Crippen LogP contribution in [0.3, 0.4) is 0 Å². The van der Waals surface area contributed by atoms with Gasteiger partial charge in [-0.15, -0.1) is 0 Å². The van der Waals surface area contributed by atoms with E-state index in [1.807, 2.05) is 23.6 Å². The van der Waals surface area contributed by atoms with Gasteiger partial charge < -0.3 is 19.4 Å². The molecule has 24 heavy (non-hydrogen) atoms. The molecule has 2 saturated heterocycles. The van der Waals surface area contributed by atoms with Crippen molar-refractivity contribution >= 4 is 17.9 Å². The van der Waals surface area contributed by atoms with Crippen molar-refractivity contribution in [1.82, 2.24) is 14.7 Å². The summed E-state index contributed by atoms with van der Waals surface area (Å²) in [5, 5.41) is 0. The van der Waals surface area contributed by atoms with Gasteiger partial charge in [-0.2, -0.15) is 0 Å². The van der Waals surface area contributed by atoms with Gasteiger partial charge in [0.1, 0.15) is 0 Å². The van der Waals surface area contributed by atoms with E-state index >= 15 is 0 Å². The number of hydrogen-bond acceptors (Lipinski definition) is 4. The number of piperazine rings is 1. The Morgan fingerprint density at radius 3 is 1.96 bits per heavy atom. The number of likely N-dealkylation sites (tertiary alicyclic amines) is 1. The fourth-order valence-corrected chi connectivity index (χ4v) is 3.29. The van der Waals surface area contributed by atoms with E-state index < -0.39 is 0 Å².